The Morgan fingerprint density at radius 2 is 1.85 bits per heavy atom. The number of hydrogen-bond donors (Lipinski definition) is 3. The Kier molecular flexibility index (Phi) is 5.45. The molecule has 8 heteroatoms. The normalized spacial score (nSPS) is 11.4. The Labute approximate surface area is 115 Å². The highest BCUT2D eigenvalue weighted by atomic mass is 16.4. The van der Waals surface area contributed by atoms with Crippen LogP contribution in [-0.4, -0.2) is 51.2 Å². The second-order valence-electron chi connectivity index (χ2n) is 4.07. The van der Waals surface area contributed by atoms with Gasteiger partial charge in [-0.3, -0.25) is 14.6 Å². The number of nitrogens with one attached hydrogen (secondary N) is 1. The molecular weight excluding hydrogens is 266 g/mol. The maximum Gasteiger partial charge on any atom is 0.323 e. The zero-order valence-electron chi connectivity index (χ0n) is 10.8. The van der Waals surface area contributed by atoms with E-state index in [0.29, 0.717) is 10.6 Å². The fraction of sp³-hybridized carbons (Fsp3) is 0.333. The summed E-state index contributed by atoms with van der Waals surface area (Å²) in [5.74, 6) is -2.57. The summed E-state index contributed by atoms with van der Waals surface area (Å²) in [7, 11) is 0. The van der Waals surface area contributed by atoms with Crippen LogP contribution in [0.25, 0.3) is 0 Å². The van der Waals surface area contributed by atoms with Gasteiger partial charge in [0.1, 0.15) is 13.1 Å². The van der Waals surface area contributed by atoms with Gasteiger partial charge >= 0.3 is 18.0 Å². The van der Waals surface area contributed by atoms with Gasteiger partial charge in [0.15, 0.2) is 0 Å². The lowest BCUT2D eigenvalue weighted by molar-refractivity contribution is -0.140. The number of urea groups is 1. The number of nitrogens with zero attached hydrogens (tertiary/aromatic N) is 2. The predicted octanol–water partition coefficient (Wildman–Crippen LogP) is 0.323. The van der Waals surface area contributed by atoms with Crippen LogP contribution >= 0.6 is 0 Å². The Bertz CT molecular complexity index is 475. The van der Waals surface area contributed by atoms with Crippen molar-refractivity contribution in [3.05, 3.63) is 30.1 Å². The van der Waals surface area contributed by atoms with Crippen molar-refractivity contribution < 1.29 is 24.6 Å². The highest BCUT2D eigenvalue weighted by molar-refractivity contribution is 5.84. The molecule has 0 aliphatic heterocycles. The Morgan fingerprint density at radius 3 is 2.30 bits per heavy atom. The highest BCUT2D eigenvalue weighted by Crippen LogP contribution is 2.08. The molecule has 1 atom stereocenters. The first-order chi connectivity index (χ1) is 9.40. The average molecular weight is 281 g/mol. The molecule has 8 nitrogen and oxygen atoms in total. The number of aromatic nitrogens is 1. The molecule has 1 aromatic rings. The summed E-state index contributed by atoms with van der Waals surface area (Å²) in [5.41, 5.74) is 0.589. The zero-order valence-corrected chi connectivity index (χ0v) is 10.8. The number of carbonyl (C=O) groups is 3. The molecule has 2 amide bonds. The zero-order chi connectivity index (χ0) is 15.1. The number of carboxylic acids is 2. The highest BCUT2D eigenvalue weighted by Gasteiger charge is 2.21. The molecule has 0 aromatic carbocycles. The van der Waals surface area contributed by atoms with Crippen molar-refractivity contribution in [3.8, 4) is 0 Å². The van der Waals surface area contributed by atoms with E-state index in [4.69, 9.17) is 10.2 Å². The van der Waals surface area contributed by atoms with Crippen LogP contribution in [0.15, 0.2) is 24.4 Å². The van der Waals surface area contributed by atoms with Crippen molar-refractivity contribution in [3.63, 3.8) is 0 Å². The third-order valence-corrected chi connectivity index (χ3v) is 2.41. The molecule has 1 aromatic heterocycles. The molecule has 0 fully saturated rings. The number of amides is 2. The van der Waals surface area contributed by atoms with Gasteiger partial charge in [-0.05, 0) is 19.1 Å². The van der Waals surface area contributed by atoms with Gasteiger partial charge in [-0.2, -0.15) is 0 Å². The van der Waals surface area contributed by atoms with E-state index in [1.165, 1.54) is 0 Å². The van der Waals surface area contributed by atoms with Gasteiger partial charge in [0.05, 0.1) is 11.7 Å². The number of pyridine rings is 1. The van der Waals surface area contributed by atoms with Crippen LogP contribution < -0.4 is 5.32 Å². The third-order valence-electron chi connectivity index (χ3n) is 2.41. The van der Waals surface area contributed by atoms with Crippen molar-refractivity contribution in [2.75, 3.05) is 13.1 Å². The maximum absolute atomic E-state index is 11.9. The van der Waals surface area contributed by atoms with E-state index in [0.717, 1.165) is 0 Å². The Hall–Kier alpha value is -2.64. The van der Waals surface area contributed by atoms with Crippen LogP contribution in [0.5, 0.6) is 0 Å². The minimum absolute atomic E-state index is 0.464. The molecule has 0 aliphatic rings. The lowest BCUT2D eigenvalue weighted by Gasteiger charge is -2.22. The minimum Gasteiger partial charge on any atom is -0.480 e. The van der Waals surface area contributed by atoms with Crippen LogP contribution in [0.4, 0.5) is 4.79 Å². The lowest BCUT2D eigenvalue weighted by Crippen LogP contribution is -2.46. The molecule has 108 valence electrons. The van der Waals surface area contributed by atoms with Crippen LogP contribution in [0.2, 0.25) is 0 Å². The van der Waals surface area contributed by atoms with E-state index in [9.17, 15) is 14.4 Å². The number of aliphatic carboxylic acids is 2. The fourth-order valence-electron chi connectivity index (χ4n) is 1.51. The molecule has 3 N–H and O–H groups in total. The standard InChI is InChI=1S/C12H15N3O5/c1-8(9-4-2-3-5-13-9)14-12(20)15(6-10(16)17)7-11(18)19/h2-5,8H,6-7H2,1H3,(H,14,20)(H,16,17)(H,18,19). The van der Waals surface area contributed by atoms with E-state index in [1.807, 2.05) is 0 Å². The molecule has 0 bridgehead atoms. The van der Waals surface area contributed by atoms with E-state index in [2.05, 4.69) is 10.3 Å². The molecule has 1 unspecified atom stereocenters. The molecule has 0 radical (unpaired) electrons. The quantitative estimate of drug-likeness (QED) is 0.691. The second-order valence-corrected chi connectivity index (χ2v) is 4.07. The van der Waals surface area contributed by atoms with Crippen molar-refractivity contribution in [1.29, 1.82) is 0 Å². The van der Waals surface area contributed by atoms with Crippen LogP contribution in [0, 0.1) is 0 Å². The fourth-order valence-corrected chi connectivity index (χ4v) is 1.51. The van der Waals surface area contributed by atoms with Gasteiger partial charge in [0.2, 0.25) is 0 Å². The van der Waals surface area contributed by atoms with E-state index >= 15 is 0 Å². The first-order valence-electron chi connectivity index (χ1n) is 5.80. The van der Waals surface area contributed by atoms with Gasteiger partial charge in [-0.15, -0.1) is 0 Å². The topological polar surface area (TPSA) is 120 Å². The largest absolute Gasteiger partial charge is 0.480 e. The van der Waals surface area contributed by atoms with Gasteiger partial charge < -0.3 is 20.4 Å². The van der Waals surface area contributed by atoms with Gasteiger partial charge in [-0.25, -0.2) is 4.79 Å². The summed E-state index contributed by atoms with van der Waals surface area (Å²) in [4.78, 5) is 37.9. The van der Waals surface area contributed by atoms with Crippen molar-refractivity contribution in [2.45, 2.75) is 13.0 Å². The van der Waals surface area contributed by atoms with Crippen LogP contribution in [0.1, 0.15) is 18.7 Å². The second kappa shape index (κ2) is 7.07. The first kappa shape index (κ1) is 15.4. The van der Waals surface area contributed by atoms with Crippen molar-refractivity contribution in [1.82, 2.24) is 15.2 Å². The number of hydrogen-bond acceptors (Lipinski definition) is 4. The lowest BCUT2D eigenvalue weighted by atomic mass is 10.2. The minimum atomic E-state index is -1.29. The first-order valence-corrected chi connectivity index (χ1v) is 5.80. The van der Waals surface area contributed by atoms with Crippen molar-refractivity contribution in [2.24, 2.45) is 0 Å². The Morgan fingerprint density at radius 1 is 1.25 bits per heavy atom. The average Bonchev–Trinajstić information content (AvgIpc) is 2.37. The summed E-state index contributed by atoms with van der Waals surface area (Å²) in [6.07, 6.45) is 1.56. The molecule has 20 heavy (non-hydrogen) atoms. The molecule has 0 saturated carbocycles. The molecular formula is C12H15N3O5. The van der Waals surface area contributed by atoms with E-state index < -0.39 is 37.1 Å². The van der Waals surface area contributed by atoms with Gasteiger partial charge in [0, 0.05) is 6.20 Å². The molecule has 0 spiro atoms. The molecule has 0 aliphatic carbocycles. The van der Waals surface area contributed by atoms with Gasteiger partial charge in [-0.1, -0.05) is 6.07 Å². The summed E-state index contributed by atoms with van der Waals surface area (Å²) in [6.45, 7) is 0.292. The summed E-state index contributed by atoms with van der Waals surface area (Å²) in [6, 6.07) is 3.93. The van der Waals surface area contributed by atoms with Crippen LogP contribution in [-0.2, 0) is 9.59 Å². The number of carboxylic acid groups (broad SMARTS) is 2. The Balaban J connectivity index is 2.70. The predicted molar refractivity (Wildman–Crippen MR) is 68.0 cm³/mol. The number of rotatable bonds is 6. The molecule has 1 rings (SSSR count). The SMILES string of the molecule is CC(NC(=O)N(CC(=O)O)CC(=O)O)c1ccccn1. The summed E-state index contributed by atoms with van der Waals surface area (Å²) in [5, 5.41) is 19.8. The number of carbonyl (C=O) groups excluding carboxylic acids is 1. The molecule has 0 saturated heterocycles. The van der Waals surface area contributed by atoms with E-state index in [-0.39, 0.29) is 0 Å². The molecule has 1 heterocycles. The smallest absolute Gasteiger partial charge is 0.323 e. The van der Waals surface area contributed by atoms with Crippen LogP contribution in [0.3, 0.4) is 0 Å². The maximum atomic E-state index is 11.9. The summed E-state index contributed by atoms with van der Waals surface area (Å²) < 4.78 is 0. The van der Waals surface area contributed by atoms with E-state index in [1.54, 1.807) is 31.3 Å². The summed E-state index contributed by atoms with van der Waals surface area (Å²) >= 11 is 0. The monoisotopic (exact) mass is 281 g/mol. The van der Waals surface area contributed by atoms with Crippen molar-refractivity contribution >= 4 is 18.0 Å². The third kappa shape index (κ3) is 4.92. The van der Waals surface area contributed by atoms with Gasteiger partial charge in [0.25, 0.3) is 0 Å².